The number of urea groups is 1. The van der Waals surface area contributed by atoms with E-state index in [0.29, 0.717) is 12.4 Å². The fourth-order valence-corrected chi connectivity index (χ4v) is 5.72. The van der Waals surface area contributed by atoms with Gasteiger partial charge < -0.3 is 0 Å². The summed E-state index contributed by atoms with van der Waals surface area (Å²) in [7, 11) is 3.22. The number of fused-ring (bicyclic) bond motifs is 1. The first-order valence-corrected chi connectivity index (χ1v) is 11.9. The number of carbonyl (C=O) groups excluding carboxylic acids is 2. The Hall–Kier alpha value is -2.05. The molecule has 12 heteroatoms. The van der Waals surface area contributed by atoms with Gasteiger partial charge in [-0.15, -0.1) is 10.2 Å². The summed E-state index contributed by atoms with van der Waals surface area (Å²) in [6.07, 6.45) is 0. The summed E-state index contributed by atoms with van der Waals surface area (Å²) >= 11 is 3.20. The van der Waals surface area contributed by atoms with Crippen molar-refractivity contribution in [1.82, 2.24) is 29.8 Å². The fourth-order valence-electron chi connectivity index (χ4n) is 3.90. The summed E-state index contributed by atoms with van der Waals surface area (Å²) in [6, 6.07) is -0.903. The normalized spacial score (nSPS) is 22.9. The van der Waals surface area contributed by atoms with Gasteiger partial charge in [-0.25, -0.2) is 9.69 Å². The van der Waals surface area contributed by atoms with Crippen molar-refractivity contribution < 1.29 is 14.2 Å². The van der Waals surface area contributed by atoms with Crippen molar-refractivity contribution in [2.24, 2.45) is 4.99 Å². The van der Waals surface area contributed by atoms with Crippen LogP contribution in [0.4, 0.5) is 4.79 Å². The van der Waals surface area contributed by atoms with Gasteiger partial charge in [-0.3, -0.25) is 24.1 Å². The number of piperazine rings is 1. The third-order valence-electron chi connectivity index (χ3n) is 5.68. The first-order valence-electron chi connectivity index (χ1n) is 10.1. The molecule has 1 unspecified atom stereocenters. The molecular formula is C18H27N8O2S2+. The zero-order valence-corrected chi connectivity index (χ0v) is 19.4. The number of aryl methyl sites for hydroxylation is 1. The largest absolute Gasteiger partial charge is 0.392 e. The maximum Gasteiger partial charge on any atom is 0.392 e. The molecule has 1 aromatic heterocycles. The number of hydrogen-bond donors (Lipinski definition) is 0. The third-order valence-corrected chi connectivity index (χ3v) is 7.63. The Morgan fingerprint density at radius 3 is 2.53 bits per heavy atom. The van der Waals surface area contributed by atoms with E-state index in [1.54, 1.807) is 30.1 Å². The Bertz CT molecular complexity index is 904. The average Bonchev–Trinajstić information content (AvgIpc) is 3.34. The number of aliphatic imine (C=N–C) groups is 1. The molecule has 162 valence electrons. The smallest absolute Gasteiger partial charge is 0.297 e. The molecule has 30 heavy (non-hydrogen) atoms. The van der Waals surface area contributed by atoms with Crippen LogP contribution in [0.1, 0.15) is 11.9 Å². The SMILES string of the molecule is CCN1CC[N+](=C2N=C3C(C(=O)N(C)C(=O)N3C)N2CCSc2nnc(C)s2)CC1. The number of likely N-dealkylation sites (N-methyl/N-ethyl adjacent to an activating group) is 3. The third kappa shape index (κ3) is 3.83. The summed E-state index contributed by atoms with van der Waals surface area (Å²) in [6.45, 7) is 9.40. The minimum absolute atomic E-state index is 0.226. The van der Waals surface area contributed by atoms with Crippen LogP contribution in [-0.4, -0.2) is 123 Å². The van der Waals surface area contributed by atoms with Crippen molar-refractivity contribution in [3.63, 3.8) is 0 Å². The van der Waals surface area contributed by atoms with Gasteiger partial charge in [0.25, 0.3) is 5.91 Å². The predicted molar refractivity (Wildman–Crippen MR) is 116 cm³/mol. The Labute approximate surface area is 184 Å². The van der Waals surface area contributed by atoms with Gasteiger partial charge >= 0.3 is 12.0 Å². The molecule has 4 rings (SSSR count). The first kappa shape index (κ1) is 21.2. The highest BCUT2D eigenvalue weighted by molar-refractivity contribution is 8.01. The van der Waals surface area contributed by atoms with Crippen LogP contribution >= 0.6 is 23.1 Å². The molecular weight excluding hydrogens is 424 g/mol. The average molecular weight is 452 g/mol. The number of guanidine groups is 1. The number of hydrogen-bond acceptors (Lipinski definition) is 7. The minimum Gasteiger partial charge on any atom is -0.297 e. The molecule has 4 heterocycles. The summed E-state index contributed by atoms with van der Waals surface area (Å²) in [5.41, 5.74) is 0. The molecule has 0 spiro atoms. The topological polar surface area (TPSA) is 88.3 Å². The zero-order chi connectivity index (χ0) is 21.4. The summed E-state index contributed by atoms with van der Waals surface area (Å²) < 4.78 is 3.16. The van der Waals surface area contributed by atoms with Gasteiger partial charge in [-0.1, -0.05) is 35.0 Å². The number of imide groups is 1. The highest BCUT2D eigenvalue weighted by Gasteiger charge is 2.55. The maximum absolute atomic E-state index is 13.0. The van der Waals surface area contributed by atoms with Crippen molar-refractivity contribution in [1.29, 1.82) is 0 Å². The molecule has 0 aliphatic carbocycles. The van der Waals surface area contributed by atoms with E-state index in [2.05, 4.69) is 31.5 Å². The van der Waals surface area contributed by atoms with Gasteiger partial charge in [0.15, 0.2) is 4.34 Å². The Balaban J connectivity index is 1.59. The Morgan fingerprint density at radius 2 is 1.90 bits per heavy atom. The van der Waals surface area contributed by atoms with Crippen LogP contribution in [0, 0.1) is 6.92 Å². The van der Waals surface area contributed by atoms with Crippen molar-refractivity contribution in [2.45, 2.75) is 24.2 Å². The number of carbonyl (C=O) groups is 2. The molecule has 3 aliphatic heterocycles. The van der Waals surface area contributed by atoms with Crippen LogP contribution in [0.2, 0.25) is 0 Å². The maximum atomic E-state index is 13.0. The van der Waals surface area contributed by atoms with E-state index in [1.165, 1.54) is 16.8 Å². The van der Waals surface area contributed by atoms with E-state index in [-0.39, 0.29) is 11.9 Å². The lowest BCUT2D eigenvalue weighted by molar-refractivity contribution is -0.544. The van der Waals surface area contributed by atoms with Crippen molar-refractivity contribution in [3.8, 4) is 0 Å². The summed E-state index contributed by atoms with van der Waals surface area (Å²) in [4.78, 5) is 37.4. The summed E-state index contributed by atoms with van der Waals surface area (Å²) in [5, 5.41) is 9.17. The fraction of sp³-hybridized carbons (Fsp3) is 0.667. The molecule has 2 saturated heterocycles. The Morgan fingerprint density at radius 1 is 1.17 bits per heavy atom. The molecule has 0 bridgehead atoms. The van der Waals surface area contributed by atoms with Crippen molar-refractivity contribution in [3.05, 3.63) is 5.01 Å². The lowest BCUT2D eigenvalue weighted by atomic mass is 10.1. The quantitative estimate of drug-likeness (QED) is 0.468. The monoisotopic (exact) mass is 451 g/mol. The van der Waals surface area contributed by atoms with E-state index >= 15 is 0 Å². The van der Waals surface area contributed by atoms with Gasteiger partial charge in [0.2, 0.25) is 11.9 Å². The van der Waals surface area contributed by atoms with Crippen LogP contribution in [0.5, 0.6) is 0 Å². The van der Waals surface area contributed by atoms with Crippen LogP contribution in [0.25, 0.3) is 0 Å². The molecule has 10 nitrogen and oxygen atoms in total. The minimum atomic E-state index is -0.561. The van der Waals surface area contributed by atoms with E-state index in [0.717, 1.165) is 53.8 Å². The van der Waals surface area contributed by atoms with Gasteiger partial charge in [-0.2, -0.15) is 0 Å². The molecule has 0 radical (unpaired) electrons. The van der Waals surface area contributed by atoms with Crippen LogP contribution in [-0.2, 0) is 4.79 Å². The number of nitrogens with zero attached hydrogens (tertiary/aromatic N) is 8. The standard InChI is InChI=1S/C18H27N8O2S2/c1-5-24-6-8-25(9-7-24)16-19-14-13(15(27)23(4)18(28)22(14)3)26(16)10-11-29-17-21-20-12(2)30-17/h13H,5-11H2,1-4H3/q+1. The number of rotatable bonds is 5. The number of amidine groups is 1. The van der Waals surface area contributed by atoms with Gasteiger partial charge in [0, 0.05) is 32.9 Å². The second-order valence-electron chi connectivity index (χ2n) is 7.46. The highest BCUT2D eigenvalue weighted by atomic mass is 32.2. The van der Waals surface area contributed by atoms with E-state index in [4.69, 9.17) is 4.99 Å². The number of thioether (sulfide) groups is 1. The van der Waals surface area contributed by atoms with E-state index in [1.807, 2.05) is 6.92 Å². The second-order valence-corrected chi connectivity index (χ2v) is 9.99. The van der Waals surface area contributed by atoms with Gasteiger partial charge in [0.05, 0.1) is 19.6 Å². The van der Waals surface area contributed by atoms with Crippen LogP contribution < -0.4 is 0 Å². The zero-order valence-electron chi connectivity index (χ0n) is 17.7. The molecule has 0 aromatic carbocycles. The molecule has 3 aliphatic rings. The first-order chi connectivity index (χ1) is 14.4. The lowest BCUT2D eigenvalue weighted by Crippen LogP contribution is -2.63. The van der Waals surface area contributed by atoms with E-state index in [9.17, 15) is 9.59 Å². The summed E-state index contributed by atoms with van der Waals surface area (Å²) in [5.74, 6) is 1.84. The van der Waals surface area contributed by atoms with Crippen LogP contribution in [0.15, 0.2) is 9.33 Å². The van der Waals surface area contributed by atoms with Crippen molar-refractivity contribution in [2.75, 3.05) is 59.1 Å². The number of aromatic nitrogens is 2. The van der Waals surface area contributed by atoms with Crippen molar-refractivity contribution >= 4 is 46.8 Å². The predicted octanol–water partition coefficient (Wildman–Crippen LogP) is 0.249. The second kappa shape index (κ2) is 8.60. The molecule has 1 atom stereocenters. The molecule has 3 amide bonds. The molecule has 0 saturated carbocycles. The van der Waals surface area contributed by atoms with Gasteiger partial charge in [-0.05, 0) is 13.5 Å². The highest BCUT2D eigenvalue weighted by Crippen LogP contribution is 2.26. The molecule has 2 fully saturated rings. The Kier molecular flexibility index (Phi) is 6.07. The number of amides is 3. The van der Waals surface area contributed by atoms with Crippen LogP contribution in [0.3, 0.4) is 0 Å². The molecule has 0 N–H and O–H groups in total. The van der Waals surface area contributed by atoms with Gasteiger partial charge in [0.1, 0.15) is 5.01 Å². The molecule has 1 aromatic rings. The lowest BCUT2D eigenvalue weighted by Gasteiger charge is -2.33. The van der Waals surface area contributed by atoms with E-state index < -0.39 is 6.04 Å².